The fourth-order valence-corrected chi connectivity index (χ4v) is 8.86. The fraction of sp³-hybridized carbons (Fsp3) is 0.759. The summed E-state index contributed by atoms with van der Waals surface area (Å²) < 4.78 is 0. The standard InChI is InChI=1S/C29H42O3/c1-18(9-8-10-19(2)30)20-13-16-28(6)21-11-12-23-26(3,4)24(32)14-15-27(23,5)25(21)22(31)17-29(20,28)7/h8,10,18,20,23H,9,11-17H2,1-7H3/b10-8+/t18-,20-,23+,27+,28+,29-/m1/s1. The number of hydrogen-bond acceptors (Lipinski definition) is 3. The Balaban J connectivity index is 1.73. The lowest BCUT2D eigenvalue weighted by Gasteiger charge is -2.60. The van der Waals surface area contributed by atoms with Gasteiger partial charge in [0.25, 0.3) is 0 Å². The average molecular weight is 439 g/mol. The highest BCUT2D eigenvalue weighted by molar-refractivity contribution is 6.00. The third-order valence-corrected chi connectivity index (χ3v) is 10.8. The van der Waals surface area contributed by atoms with Crippen molar-refractivity contribution in [2.45, 2.75) is 99.8 Å². The molecule has 2 saturated carbocycles. The maximum atomic E-state index is 13.9. The van der Waals surface area contributed by atoms with Crippen LogP contribution in [0.4, 0.5) is 0 Å². The Bertz CT molecular complexity index is 921. The SMILES string of the molecule is CC(=O)/C=C/C[C@@H](C)[C@H]1CC[C@@]2(C)C3=C(C(=O)C[C@]12C)[C@@]1(C)CCC(=O)C(C)(C)[C@@H]1CC3. The van der Waals surface area contributed by atoms with Crippen molar-refractivity contribution >= 4 is 17.3 Å². The fourth-order valence-electron chi connectivity index (χ4n) is 8.86. The second-order valence-electron chi connectivity index (χ2n) is 12.7. The van der Waals surface area contributed by atoms with Crippen molar-refractivity contribution in [2.75, 3.05) is 0 Å². The number of rotatable bonds is 4. The van der Waals surface area contributed by atoms with Crippen LogP contribution in [0.3, 0.4) is 0 Å². The topological polar surface area (TPSA) is 51.2 Å². The molecule has 0 unspecified atom stereocenters. The van der Waals surface area contributed by atoms with E-state index in [0.29, 0.717) is 36.2 Å². The smallest absolute Gasteiger partial charge is 0.159 e. The van der Waals surface area contributed by atoms with E-state index in [9.17, 15) is 14.4 Å². The van der Waals surface area contributed by atoms with Crippen molar-refractivity contribution in [3.05, 3.63) is 23.3 Å². The van der Waals surface area contributed by atoms with Crippen LogP contribution >= 0.6 is 0 Å². The van der Waals surface area contributed by atoms with Crippen molar-refractivity contribution in [3.8, 4) is 0 Å². The van der Waals surface area contributed by atoms with Gasteiger partial charge in [-0.1, -0.05) is 53.2 Å². The van der Waals surface area contributed by atoms with Crippen molar-refractivity contribution < 1.29 is 14.4 Å². The molecule has 32 heavy (non-hydrogen) atoms. The maximum absolute atomic E-state index is 13.9. The molecule has 6 atom stereocenters. The maximum Gasteiger partial charge on any atom is 0.159 e. The van der Waals surface area contributed by atoms with Crippen LogP contribution in [0.5, 0.6) is 0 Å². The molecule has 0 saturated heterocycles. The summed E-state index contributed by atoms with van der Waals surface area (Å²) in [5.41, 5.74) is 2.08. The third-order valence-electron chi connectivity index (χ3n) is 10.8. The Hall–Kier alpha value is -1.51. The molecular formula is C29H42O3. The minimum atomic E-state index is -0.344. The van der Waals surface area contributed by atoms with Crippen molar-refractivity contribution in [2.24, 2.45) is 39.4 Å². The predicted octanol–water partition coefficient (Wildman–Crippen LogP) is 6.66. The molecule has 0 aromatic heterocycles. The van der Waals surface area contributed by atoms with Gasteiger partial charge in [0.15, 0.2) is 11.6 Å². The zero-order valence-electron chi connectivity index (χ0n) is 21.3. The van der Waals surface area contributed by atoms with Gasteiger partial charge in [-0.3, -0.25) is 14.4 Å². The molecule has 0 heterocycles. The van der Waals surface area contributed by atoms with E-state index in [1.165, 1.54) is 5.57 Å². The molecule has 0 N–H and O–H groups in total. The highest BCUT2D eigenvalue weighted by atomic mass is 16.1. The van der Waals surface area contributed by atoms with Gasteiger partial charge in [-0.05, 0) is 80.1 Å². The van der Waals surface area contributed by atoms with Gasteiger partial charge < -0.3 is 0 Å². The van der Waals surface area contributed by atoms with E-state index < -0.39 is 0 Å². The first-order valence-electron chi connectivity index (χ1n) is 12.8. The summed E-state index contributed by atoms with van der Waals surface area (Å²) in [5.74, 6) is 2.02. The Morgan fingerprint density at radius 2 is 1.75 bits per heavy atom. The second kappa shape index (κ2) is 7.50. The molecule has 0 aromatic rings. The van der Waals surface area contributed by atoms with Gasteiger partial charge in [-0.15, -0.1) is 0 Å². The lowest BCUT2D eigenvalue weighted by Crippen LogP contribution is -2.56. The molecule has 176 valence electrons. The van der Waals surface area contributed by atoms with E-state index in [1.807, 2.05) is 6.08 Å². The van der Waals surface area contributed by atoms with Crippen molar-refractivity contribution in [1.82, 2.24) is 0 Å². The number of hydrogen-bond donors (Lipinski definition) is 0. The zero-order valence-corrected chi connectivity index (χ0v) is 21.3. The van der Waals surface area contributed by atoms with Crippen LogP contribution in [0, 0.1) is 39.4 Å². The highest BCUT2D eigenvalue weighted by Crippen LogP contribution is 2.71. The van der Waals surface area contributed by atoms with Crippen LogP contribution in [0.2, 0.25) is 0 Å². The van der Waals surface area contributed by atoms with Gasteiger partial charge in [0.05, 0.1) is 0 Å². The molecule has 2 fully saturated rings. The number of fused-ring (bicyclic) bond motifs is 4. The molecule has 0 bridgehead atoms. The minimum absolute atomic E-state index is 0.0321. The van der Waals surface area contributed by atoms with Crippen molar-refractivity contribution in [3.63, 3.8) is 0 Å². The summed E-state index contributed by atoms with van der Waals surface area (Å²) >= 11 is 0. The Morgan fingerprint density at radius 3 is 2.41 bits per heavy atom. The van der Waals surface area contributed by atoms with E-state index in [-0.39, 0.29) is 33.4 Å². The predicted molar refractivity (Wildman–Crippen MR) is 128 cm³/mol. The molecule has 4 aliphatic rings. The quantitative estimate of drug-likeness (QED) is 0.461. The molecule has 0 aromatic carbocycles. The van der Waals surface area contributed by atoms with Crippen LogP contribution in [0.1, 0.15) is 99.8 Å². The lowest BCUT2D eigenvalue weighted by molar-refractivity contribution is -0.142. The van der Waals surface area contributed by atoms with Crippen LogP contribution in [0.15, 0.2) is 23.3 Å². The van der Waals surface area contributed by atoms with Gasteiger partial charge in [-0.25, -0.2) is 0 Å². The number of carbonyl (C=O) groups is 3. The number of carbonyl (C=O) groups excluding carboxylic acids is 3. The van der Waals surface area contributed by atoms with Gasteiger partial charge in [0, 0.05) is 29.2 Å². The molecular weight excluding hydrogens is 396 g/mol. The first kappa shape index (κ1) is 23.6. The van der Waals surface area contributed by atoms with Crippen LogP contribution < -0.4 is 0 Å². The van der Waals surface area contributed by atoms with Gasteiger partial charge in [0.2, 0.25) is 0 Å². The lowest BCUT2D eigenvalue weighted by atomic mass is 9.43. The van der Waals surface area contributed by atoms with E-state index >= 15 is 0 Å². The van der Waals surface area contributed by atoms with Crippen LogP contribution in [-0.4, -0.2) is 17.3 Å². The molecule has 0 amide bonds. The van der Waals surface area contributed by atoms with E-state index in [2.05, 4.69) is 41.5 Å². The molecule has 0 spiro atoms. The van der Waals surface area contributed by atoms with Crippen molar-refractivity contribution in [1.29, 1.82) is 0 Å². The van der Waals surface area contributed by atoms with E-state index in [0.717, 1.165) is 44.1 Å². The second-order valence-corrected chi connectivity index (χ2v) is 12.7. The molecule has 3 nitrogen and oxygen atoms in total. The Morgan fingerprint density at radius 1 is 1.06 bits per heavy atom. The molecule has 3 heteroatoms. The Kier molecular flexibility index (Phi) is 5.54. The largest absolute Gasteiger partial charge is 0.299 e. The van der Waals surface area contributed by atoms with Gasteiger partial charge >= 0.3 is 0 Å². The normalized spacial score (nSPS) is 42.0. The van der Waals surface area contributed by atoms with E-state index in [1.54, 1.807) is 13.0 Å². The summed E-state index contributed by atoms with van der Waals surface area (Å²) in [6.07, 6.45) is 10.9. The molecule has 4 rings (SSSR count). The van der Waals surface area contributed by atoms with Crippen LogP contribution in [-0.2, 0) is 14.4 Å². The molecule has 0 aliphatic heterocycles. The first-order valence-corrected chi connectivity index (χ1v) is 12.8. The monoisotopic (exact) mass is 438 g/mol. The van der Waals surface area contributed by atoms with Crippen LogP contribution in [0.25, 0.3) is 0 Å². The number of allylic oxidation sites excluding steroid dienone is 4. The Labute approximate surface area is 194 Å². The average Bonchev–Trinajstić information content (AvgIpc) is 2.96. The summed E-state index contributed by atoms with van der Waals surface area (Å²) in [6.45, 7) is 15.2. The first-order chi connectivity index (χ1) is 14.8. The number of Topliss-reactive ketones (excluding diaryl/α,β-unsaturated/α-hetero) is 2. The molecule has 4 aliphatic carbocycles. The molecule has 0 radical (unpaired) electrons. The zero-order chi connectivity index (χ0) is 23.7. The summed E-state index contributed by atoms with van der Waals surface area (Å²) in [5, 5.41) is 0. The highest BCUT2D eigenvalue weighted by Gasteiger charge is 2.65. The third kappa shape index (κ3) is 3.09. The minimum Gasteiger partial charge on any atom is -0.299 e. The summed E-state index contributed by atoms with van der Waals surface area (Å²) in [7, 11) is 0. The summed E-state index contributed by atoms with van der Waals surface area (Å²) in [6, 6.07) is 0. The van der Waals surface area contributed by atoms with Gasteiger partial charge in [-0.2, -0.15) is 0 Å². The number of ketones is 3. The van der Waals surface area contributed by atoms with E-state index in [4.69, 9.17) is 0 Å². The van der Waals surface area contributed by atoms with Gasteiger partial charge in [0.1, 0.15) is 5.78 Å². The summed E-state index contributed by atoms with van der Waals surface area (Å²) in [4.78, 5) is 38.1.